The summed E-state index contributed by atoms with van der Waals surface area (Å²) in [6.07, 6.45) is 3.63. The first-order chi connectivity index (χ1) is 17.2. The standard InChI is InChI=1S/C26H25N5O4/c32-25(23-16-22(24-9-5-15-35-24)30-31(23)20-6-2-1-3-7-20)28-18-10-12-19(13-11-18)29-26(33)27-17-21-8-4-14-34-21/h1-3,5-7,9-13,15-16,21H,4,8,14,17H2,(H,28,32)(H2,27,29,33). The second kappa shape index (κ2) is 10.3. The lowest BCUT2D eigenvalue weighted by molar-refractivity contribution is 0.101. The van der Waals surface area contributed by atoms with Crippen LogP contribution in [0.2, 0.25) is 0 Å². The SMILES string of the molecule is O=C(NCC1CCCO1)Nc1ccc(NC(=O)c2cc(-c3ccco3)nn2-c2ccccc2)cc1. The number of carbonyl (C=O) groups is 2. The number of rotatable bonds is 7. The third-order valence-electron chi connectivity index (χ3n) is 5.63. The Morgan fingerprint density at radius 2 is 1.74 bits per heavy atom. The number of hydrogen-bond donors (Lipinski definition) is 3. The zero-order chi connectivity index (χ0) is 24.0. The number of nitrogens with zero attached hydrogens (tertiary/aromatic N) is 2. The van der Waals surface area contributed by atoms with Crippen LogP contribution >= 0.6 is 0 Å². The fourth-order valence-corrected chi connectivity index (χ4v) is 3.87. The van der Waals surface area contributed by atoms with Gasteiger partial charge in [0.2, 0.25) is 0 Å². The monoisotopic (exact) mass is 471 g/mol. The van der Waals surface area contributed by atoms with E-state index in [2.05, 4.69) is 21.0 Å². The van der Waals surface area contributed by atoms with E-state index in [0.717, 1.165) is 25.1 Å². The fourth-order valence-electron chi connectivity index (χ4n) is 3.87. The van der Waals surface area contributed by atoms with Gasteiger partial charge in [0.25, 0.3) is 5.91 Å². The molecule has 9 heteroatoms. The Bertz CT molecular complexity index is 1280. The van der Waals surface area contributed by atoms with Gasteiger partial charge in [-0.25, -0.2) is 9.48 Å². The number of ether oxygens (including phenoxy) is 1. The summed E-state index contributed by atoms with van der Waals surface area (Å²) < 4.78 is 12.6. The van der Waals surface area contributed by atoms with E-state index in [1.165, 1.54) is 0 Å². The number of nitrogens with one attached hydrogen (secondary N) is 3. The third-order valence-corrected chi connectivity index (χ3v) is 5.63. The number of carbonyl (C=O) groups excluding carboxylic acids is 2. The molecule has 4 aromatic rings. The van der Waals surface area contributed by atoms with Crippen LogP contribution in [-0.4, -0.2) is 41.0 Å². The first-order valence-electron chi connectivity index (χ1n) is 11.4. The number of benzene rings is 2. The lowest BCUT2D eigenvalue weighted by Gasteiger charge is -2.12. The van der Waals surface area contributed by atoms with E-state index in [4.69, 9.17) is 9.15 Å². The van der Waals surface area contributed by atoms with Gasteiger partial charge in [0, 0.05) is 30.6 Å². The normalized spacial score (nSPS) is 15.0. The molecule has 1 aliphatic rings. The summed E-state index contributed by atoms with van der Waals surface area (Å²) in [7, 11) is 0. The molecular formula is C26H25N5O4. The van der Waals surface area contributed by atoms with E-state index in [1.807, 2.05) is 30.3 Å². The first kappa shape index (κ1) is 22.4. The van der Waals surface area contributed by atoms with Crippen molar-refractivity contribution in [2.24, 2.45) is 0 Å². The Hall–Kier alpha value is -4.37. The first-order valence-corrected chi connectivity index (χ1v) is 11.4. The minimum atomic E-state index is -0.325. The minimum absolute atomic E-state index is 0.0796. The molecule has 5 rings (SSSR count). The molecule has 9 nitrogen and oxygen atoms in total. The van der Waals surface area contributed by atoms with Gasteiger partial charge in [-0.05, 0) is 61.4 Å². The van der Waals surface area contributed by atoms with Gasteiger partial charge in [0.05, 0.1) is 18.1 Å². The predicted molar refractivity (Wildman–Crippen MR) is 132 cm³/mol. The summed E-state index contributed by atoms with van der Waals surface area (Å²) in [6, 6.07) is 21.3. The van der Waals surface area contributed by atoms with E-state index in [9.17, 15) is 9.59 Å². The van der Waals surface area contributed by atoms with Crippen molar-refractivity contribution in [3.63, 3.8) is 0 Å². The molecule has 2 aromatic carbocycles. The highest BCUT2D eigenvalue weighted by molar-refractivity contribution is 6.04. The van der Waals surface area contributed by atoms with Crippen LogP contribution in [-0.2, 0) is 4.74 Å². The van der Waals surface area contributed by atoms with Crippen molar-refractivity contribution in [3.05, 3.63) is 84.8 Å². The molecule has 1 saturated heterocycles. The molecule has 1 unspecified atom stereocenters. The molecule has 1 aliphatic heterocycles. The van der Waals surface area contributed by atoms with Crippen LogP contribution in [0.5, 0.6) is 0 Å². The number of urea groups is 1. The molecule has 0 bridgehead atoms. The molecule has 0 aliphatic carbocycles. The molecule has 178 valence electrons. The highest BCUT2D eigenvalue weighted by Crippen LogP contribution is 2.23. The van der Waals surface area contributed by atoms with Gasteiger partial charge in [-0.1, -0.05) is 18.2 Å². The topological polar surface area (TPSA) is 110 Å². The van der Waals surface area contributed by atoms with Crippen LogP contribution in [0.4, 0.5) is 16.2 Å². The van der Waals surface area contributed by atoms with Gasteiger partial charge in [0.15, 0.2) is 5.76 Å². The molecule has 3 N–H and O–H groups in total. The van der Waals surface area contributed by atoms with Crippen molar-refractivity contribution >= 4 is 23.3 Å². The minimum Gasteiger partial charge on any atom is -0.463 e. The Kier molecular flexibility index (Phi) is 6.58. The quantitative estimate of drug-likeness (QED) is 0.362. The highest BCUT2D eigenvalue weighted by Gasteiger charge is 2.19. The Balaban J connectivity index is 1.26. The lowest BCUT2D eigenvalue weighted by Crippen LogP contribution is -2.35. The molecule has 3 amide bonds. The van der Waals surface area contributed by atoms with Crippen molar-refractivity contribution in [2.75, 3.05) is 23.8 Å². The zero-order valence-electron chi connectivity index (χ0n) is 18.9. The van der Waals surface area contributed by atoms with Gasteiger partial charge in [-0.2, -0.15) is 5.10 Å². The summed E-state index contributed by atoms with van der Waals surface area (Å²) >= 11 is 0. The third kappa shape index (κ3) is 5.42. The molecule has 3 heterocycles. The molecule has 0 radical (unpaired) electrons. The van der Waals surface area contributed by atoms with Crippen LogP contribution < -0.4 is 16.0 Å². The highest BCUT2D eigenvalue weighted by atomic mass is 16.5. The molecule has 2 aromatic heterocycles. The predicted octanol–water partition coefficient (Wildman–Crippen LogP) is 4.69. The van der Waals surface area contributed by atoms with Gasteiger partial charge in [-0.15, -0.1) is 0 Å². The van der Waals surface area contributed by atoms with Crippen molar-refractivity contribution in [2.45, 2.75) is 18.9 Å². The largest absolute Gasteiger partial charge is 0.463 e. The van der Waals surface area contributed by atoms with E-state index in [1.54, 1.807) is 53.4 Å². The van der Waals surface area contributed by atoms with E-state index < -0.39 is 0 Å². The van der Waals surface area contributed by atoms with Crippen molar-refractivity contribution in [1.82, 2.24) is 15.1 Å². The molecule has 35 heavy (non-hydrogen) atoms. The summed E-state index contributed by atoms with van der Waals surface area (Å²) in [5.74, 6) is 0.246. The van der Waals surface area contributed by atoms with Crippen LogP contribution in [0, 0.1) is 0 Å². The fraction of sp³-hybridized carbons (Fsp3) is 0.192. The Labute approximate surface area is 202 Å². The van der Waals surface area contributed by atoms with Gasteiger partial charge >= 0.3 is 6.03 Å². The molecule has 0 spiro atoms. The summed E-state index contributed by atoms with van der Waals surface area (Å²) in [5.41, 5.74) is 2.86. The summed E-state index contributed by atoms with van der Waals surface area (Å²) in [5, 5.41) is 13.1. The molecule has 1 fully saturated rings. The van der Waals surface area contributed by atoms with Crippen LogP contribution in [0.25, 0.3) is 17.1 Å². The summed E-state index contributed by atoms with van der Waals surface area (Å²) in [4.78, 5) is 25.3. The smallest absolute Gasteiger partial charge is 0.319 e. The van der Waals surface area contributed by atoms with Gasteiger partial charge in [0.1, 0.15) is 11.4 Å². The maximum absolute atomic E-state index is 13.2. The van der Waals surface area contributed by atoms with E-state index in [-0.39, 0.29) is 18.0 Å². The van der Waals surface area contributed by atoms with Crippen LogP contribution in [0.1, 0.15) is 23.3 Å². The van der Waals surface area contributed by atoms with Gasteiger partial charge < -0.3 is 25.1 Å². The zero-order valence-corrected chi connectivity index (χ0v) is 18.9. The van der Waals surface area contributed by atoms with Gasteiger partial charge in [-0.3, -0.25) is 4.79 Å². The number of para-hydroxylation sites is 1. The van der Waals surface area contributed by atoms with Crippen molar-refractivity contribution in [3.8, 4) is 17.1 Å². The Morgan fingerprint density at radius 1 is 0.971 bits per heavy atom. The van der Waals surface area contributed by atoms with E-state index in [0.29, 0.717) is 35.1 Å². The van der Waals surface area contributed by atoms with Crippen molar-refractivity contribution in [1.29, 1.82) is 0 Å². The second-order valence-electron chi connectivity index (χ2n) is 8.14. The number of amides is 3. The maximum atomic E-state index is 13.2. The molecule has 0 saturated carbocycles. The average molecular weight is 472 g/mol. The second-order valence-corrected chi connectivity index (χ2v) is 8.14. The average Bonchev–Trinajstić information content (AvgIpc) is 3.66. The number of anilines is 2. The molecular weight excluding hydrogens is 446 g/mol. The Morgan fingerprint density at radius 3 is 2.43 bits per heavy atom. The lowest BCUT2D eigenvalue weighted by atomic mass is 10.2. The van der Waals surface area contributed by atoms with Crippen molar-refractivity contribution < 1.29 is 18.7 Å². The van der Waals surface area contributed by atoms with Crippen LogP contribution in [0.3, 0.4) is 0 Å². The maximum Gasteiger partial charge on any atom is 0.319 e. The van der Waals surface area contributed by atoms with Crippen LogP contribution in [0.15, 0.2) is 83.5 Å². The van der Waals surface area contributed by atoms with E-state index >= 15 is 0 Å². The number of aromatic nitrogens is 2. The number of furan rings is 1. The number of hydrogen-bond acceptors (Lipinski definition) is 5. The molecule has 1 atom stereocenters. The summed E-state index contributed by atoms with van der Waals surface area (Å²) in [6.45, 7) is 1.23.